The van der Waals surface area contributed by atoms with Crippen molar-refractivity contribution in [3.05, 3.63) is 24.5 Å². The Hall–Kier alpha value is -1.78. The van der Waals surface area contributed by atoms with Crippen LogP contribution in [0.3, 0.4) is 0 Å². The monoisotopic (exact) mass is 241 g/mol. The zero-order valence-electron chi connectivity index (χ0n) is 10.4. The van der Waals surface area contributed by atoms with Crippen LogP contribution in [0.2, 0.25) is 0 Å². The predicted octanol–water partition coefficient (Wildman–Crippen LogP) is 1.32. The van der Waals surface area contributed by atoms with E-state index in [-0.39, 0.29) is 5.76 Å². The molecule has 0 spiro atoms. The van der Waals surface area contributed by atoms with E-state index in [2.05, 4.69) is 16.6 Å². The Morgan fingerprint density at radius 3 is 2.41 bits per heavy atom. The number of esters is 1. The van der Waals surface area contributed by atoms with Gasteiger partial charge in [-0.25, -0.2) is 4.79 Å². The minimum absolute atomic E-state index is 0.0986. The maximum Gasteiger partial charge on any atom is 0.330 e. The normalized spacial score (nSPS) is 12.5. The van der Waals surface area contributed by atoms with Crippen LogP contribution in [-0.4, -0.2) is 30.1 Å². The zero-order chi connectivity index (χ0) is 13.4. The number of carbonyl (C=O) groups excluding carboxylic acids is 2. The number of aliphatic hydroxyl groups excluding tert-OH is 1. The van der Waals surface area contributed by atoms with Gasteiger partial charge in [0.15, 0.2) is 0 Å². The van der Waals surface area contributed by atoms with Crippen LogP contribution in [0.15, 0.2) is 24.5 Å². The van der Waals surface area contributed by atoms with E-state index in [4.69, 9.17) is 0 Å². The molecule has 5 nitrogen and oxygen atoms in total. The molecule has 0 saturated carbocycles. The molecule has 2 N–H and O–H groups in total. The van der Waals surface area contributed by atoms with Gasteiger partial charge in [-0.1, -0.05) is 20.4 Å². The highest BCUT2D eigenvalue weighted by molar-refractivity contribution is 5.94. The standard InChI is InChI=1S/C12H19NO4/c1-8(2)7-10(9(3)14)13-11(15)5-6-12(16)17-4/h5-6,8,10,14H,3,7H2,1-2,4H3,(H,13,15)/b6-5+. The van der Waals surface area contributed by atoms with Gasteiger partial charge in [0, 0.05) is 12.2 Å². The second-order valence-corrected chi connectivity index (χ2v) is 4.04. The minimum atomic E-state index is -0.608. The maximum atomic E-state index is 11.4. The summed E-state index contributed by atoms with van der Waals surface area (Å²) in [6.45, 7) is 7.33. The highest BCUT2D eigenvalue weighted by Gasteiger charge is 2.15. The second-order valence-electron chi connectivity index (χ2n) is 4.04. The van der Waals surface area contributed by atoms with Crippen molar-refractivity contribution in [2.24, 2.45) is 5.92 Å². The molecule has 1 unspecified atom stereocenters. The molecular weight excluding hydrogens is 222 g/mol. The number of aliphatic hydroxyl groups is 1. The summed E-state index contributed by atoms with van der Waals surface area (Å²) in [7, 11) is 1.22. The van der Waals surface area contributed by atoms with Crippen LogP contribution in [0.1, 0.15) is 20.3 Å². The number of hydrogen-bond donors (Lipinski definition) is 2. The van der Waals surface area contributed by atoms with Crippen molar-refractivity contribution in [2.75, 3.05) is 7.11 Å². The largest absolute Gasteiger partial charge is 0.511 e. The Kier molecular flexibility index (Phi) is 6.70. The van der Waals surface area contributed by atoms with Gasteiger partial charge < -0.3 is 15.2 Å². The van der Waals surface area contributed by atoms with Gasteiger partial charge in [-0.15, -0.1) is 0 Å². The summed E-state index contributed by atoms with van der Waals surface area (Å²) in [6, 6.07) is -0.509. The smallest absolute Gasteiger partial charge is 0.330 e. The van der Waals surface area contributed by atoms with E-state index in [1.807, 2.05) is 13.8 Å². The van der Waals surface area contributed by atoms with Crippen LogP contribution in [0.5, 0.6) is 0 Å². The van der Waals surface area contributed by atoms with Crippen LogP contribution >= 0.6 is 0 Å². The van der Waals surface area contributed by atoms with Crippen molar-refractivity contribution in [3.63, 3.8) is 0 Å². The topological polar surface area (TPSA) is 75.6 Å². The van der Waals surface area contributed by atoms with Crippen molar-refractivity contribution in [1.29, 1.82) is 0 Å². The van der Waals surface area contributed by atoms with Crippen molar-refractivity contribution in [1.82, 2.24) is 5.32 Å². The van der Waals surface area contributed by atoms with Crippen LogP contribution in [0, 0.1) is 5.92 Å². The zero-order valence-corrected chi connectivity index (χ0v) is 10.4. The predicted molar refractivity (Wildman–Crippen MR) is 64.3 cm³/mol. The maximum absolute atomic E-state index is 11.4. The first-order chi connectivity index (χ1) is 7.86. The van der Waals surface area contributed by atoms with Crippen LogP contribution < -0.4 is 5.32 Å². The third kappa shape index (κ3) is 7.16. The summed E-state index contributed by atoms with van der Waals surface area (Å²) < 4.78 is 4.34. The summed E-state index contributed by atoms with van der Waals surface area (Å²) >= 11 is 0. The molecule has 1 amide bonds. The van der Waals surface area contributed by atoms with Crippen LogP contribution in [0.25, 0.3) is 0 Å². The molecule has 5 heteroatoms. The van der Waals surface area contributed by atoms with Crippen molar-refractivity contribution in [2.45, 2.75) is 26.3 Å². The Labute approximate surface area is 101 Å². The average molecular weight is 241 g/mol. The molecule has 0 aliphatic rings. The number of ether oxygens (including phenoxy) is 1. The highest BCUT2D eigenvalue weighted by Crippen LogP contribution is 2.09. The first kappa shape index (κ1) is 15.2. The molecule has 0 rings (SSSR count). The van der Waals surface area contributed by atoms with Crippen LogP contribution in [0.4, 0.5) is 0 Å². The molecule has 0 bridgehead atoms. The van der Waals surface area contributed by atoms with E-state index in [0.717, 1.165) is 12.2 Å². The van der Waals surface area contributed by atoms with Gasteiger partial charge in [-0.05, 0) is 12.3 Å². The van der Waals surface area contributed by atoms with Gasteiger partial charge in [0.2, 0.25) is 5.91 Å². The molecule has 0 radical (unpaired) electrons. The summed E-state index contributed by atoms with van der Waals surface area (Å²) in [6.07, 6.45) is 2.65. The third-order valence-electron chi connectivity index (χ3n) is 2.00. The molecule has 96 valence electrons. The summed E-state index contributed by atoms with van der Waals surface area (Å²) in [5, 5.41) is 11.9. The first-order valence-electron chi connectivity index (χ1n) is 5.31. The Morgan fingerprint density at radius 1 is 1.41 bits per heavy atom. The van der Waals surface area contributed by atoms with E-state index in [0.29, 0.717) is 12.3 Å². The fourth-order valence-electron chi connectivity index (χ4n) is 1.18. The second kappa shape index (κ2) is 7.49. The van der Waals surface area contributed by atoms with E-state index in [1.54, 1.807) is 0 Å². The summed E-state index contributed by atoms with van der Waals surface area (Å²) in [5.74, 6) is -0.882. The molecular formula is C12H19NO4. The van der Waals surface area contributed by atoms with E-state index < -0.39 is 17.9 Å². The lowest BCUT2D eigenvalue weighted by Crippen LogP contribution is -2.36. The summed E-state index contributed by atoms with van der Waals surface area (Å²) in [5.41, 5.74) is 0. The van der Waals surface area contributed by atoms with E-state index in [9.17, 15) is 14.7 Å². The number of amides is 1. The lowest BCUT2D eigenvalue weighted by atomic mass is 10.0. The van der Waals surface area contributed by atoms with Crippen LogP contribution in [-0.2, 0) is 14.3 Å². The Bertz CT molecular complexity index is 320. The van der Waals surface area contributed by atoms with Gasteiger partial charge in [0.05, 0.1) is 13.2 Å². The lowest BCUT2D eigenvalue weighted by Gasteiger charge is -2.18. The Morgan fingerprint density at radius 2 is 2.00 bits per heavy atom. The molecule has 0 aromatic heterocycles. The number of methoxy groups -OCH3 is 1. The molecule has 17 heavy (non-hydrogen) atoms. The van der Waals surface area contributed by atoms with E-state index in [1.165, 1.54) is 7.11 Å². The highest BCUT2D eigenvalue weighted by atomic mass is 16.5. The number of carbonyl (C=O) groups is 2. The molecule has 0 saturated heterocycles. The van der Waals surface area contributed by atoms with Gasteiger partial charge in [-0.2, -0.15) is 0 Å². The van der Waals surface area contributed by atoms with Crippen molar-refractivity contribution >= 4 is 11.9 Å². The average Bonchev–Trinajstić information content (AvgIpc) is 2.24. The van der Waals surface area contributed by atoms with Gasteiger partial charge >= 0.3 is 5.97 Å². The molecule has 0 fully saturated rings. The fourth-order valence-corrected chi connectivity index (χ4v) is 1.18. The quantitative estimate of drug-likeness (QED) is 0.418. The van der Waals surface area contributed by atoms with Crippen molar-refractivity contribution < 1.29 is 19.4 Å². The van der Waals surface area contributed by atoms with Gasteiger partial charge in [0.1, 0.15) is 5.76 Å². The minimum Gasteiger partial charge on any atom is -0.511 e. The van der Waals surface area contributed by atoms with Gasteiger partial charge in [-0.3, -0.25) is 4.79 Å². The molecule has 0 aliphatic carbocycles. The molecule has 0 aromatic rings. The molecule has 0 heterocycles. The fraction of sp³-hybridized carbons (Fsp3) is 0.500. The SMILES string of the molecule is C=C(O)C(CC(C)C)NC(=O)/C=C/C(=O)OC. The van der Waals surface area contributed by atoms with E-state index >= 15 is 0 Å². The first-order valence-corrected chi connectivity index (χ1v) is 5.31. The number of hydrogen-bond acceptors (Lipinski definition) is 4. The molecule has 0 aromatic carbocycles. The number of rotatable bonds is 6. The summed E-state index contributed by atoms with van der Waals surface area (Å²) in [4.78, 5) is 22.2. The van der Waals surface area contributed by atoms with Crippen molar-refractivity contribution in [3.8, 4) is 0 Å². The van der Waals surface area contributed by atoms with Gasteiger partial charge in [0.25, 0.3) is 0 Å². The lowest BCUT2D eigenvalue weighted by molar-refractivity contribution is -0.135. The molecule has 0 aliphatic heterocycles. The number of nitrogens with one attached hydrogen (secondary N) is 1. The molecule has 1 atom stereocenters. The Balaban J connectivity index is 4.36. The third-order valence-corrected chi connectivity index (χ3v) is 2.00.